The smallest absolute Gasteiger partial charge is 0.125 e. The van der Waals surface area contributed by atoms with E-state index in [1.807, 2.05) is 49.4 Å². The molecule has 0 unspecified atom stereocenters. The minimum atomic E-state index is 0.444. The highest BCUT2D eigenvalue weighted by molar-refractivity contribution is 5.47. The molecule has 0 amide bonds. The van der Waals surface area contributed by atoms with Gasteiger partial charge in [-0.05, 0) is 36.8 Å². The van der Waals surface area contributed by atoms with Gasteiger partial charge in [-0.2, -0.15) is 0 Å². The fourth-order valence-corrected chi connectivity index (χ4v) is 1.79. The van der Waals surface area contributed by atoms with Gasteiger partial charge in [-0.25, -0.2) is 0 Å². The maximum Gasteiger partial charge on any atom is 0.125 e. The Hall–Kier alpha value is -2.16. The quantitative estimate of drug-likeness (QED) is 0.839. The van der Waals surface area contributed by atoms with Gasteiger partial charge in [0.15, 0.2) is 0 Å². The molecule has 18 heavy (non-hydrogen) atoms. The molecule has 0 atom stereocenters. The molecule has 3 nitrogen and oxygen atoms in total. The number of anilines is 1. The van der Waals surface area contributed by atoms with E-state index >= 15 is 0 Å². The van der Waals surface area contributed by atoms with E-state index in [1.54, 1.807) is 7.11 Å². The van der Waals surface area contributed by atoms with Crippen LogP contribution in [0.5, 0.6) is 11.5 Å². The average Bonchev–Trinajstić information content (AvgIpc) is 2.38. The third-order valence-corrected chi connectivity index (χ3v) is 2.78. The summed E-state index contributed by atoms with van der Waals surface area (Å²) in [5.74, 6) is 1.67. The lowest BCUT2D eigenvalue weighted by Gasteiger charge is -2.12. The Balaban J connectivity index is 2.15. The van der Waals surface area contributed by atoms with Crippen molar-refractivity contribution in [3.05, 3.63) is 53.6 Å². The van der Waals surface area contributed by atoms with E-state index in [4.69, 9.17) is 15.2 Å². The van der Waals surface area contributed by atoms with Gasteiger partial charge in [0.25, 0.3) is 0 Å². The fraction of sp³-hybridized carbons (Fsp3) is 0.200. The van der Waals surface area contributed by atoms with Gasteiger partial charge in [-0.3, -0.25) is 0 Å². The first-order chi connectivity index (χ1) is 8.70. The molecule has 0 saturated heterocycles. The van der Waals surface area contributed by atoms with E-state index in [9.17, 15) is 0 Å². The number of benzene rings is 2. The van der Waals surface area contributed by atoms with Crippen molar-refractivity contribution in [2.45, 2.75) is 13.5 Å². The van der Waals surface area contributed by atoms with Crippen molar-refractivity contribution >= 4 is 5.69 Å². The van der Waals surface area contributed by atoms with Gasteiger partial charge in [0.2, 0.25) is 0 Å². The van der Waals surface area contributed by atoms with Crippen LogP contribution in [0.15, 0.2) is 42.5 Å². The zero-order valence-corrected chi connectivity index (χ0v) is 10.6. The maximum absolute atomic E-state index is 5.78. The third kappa shape index (κ3) is 2.74. The monoisotopic (exact) mass is 243 g/mol. The number of aryl methyl sites for hydroxylation is 1. The van der Waals surface area contributed by atoms with Gasteiger partial charge in [-0.1, -0.05) is 18.2 Å². The molecule has 3 heteroatoms. The molecule has 0 aliphatic carbocycles. The summed E-state index contributed by atoms with van der Waals surface area (Å²) in [5.41, 5.74) is 8.53. The van der Waals surface area contributed by atoms with Gasteiger partial charge in [0.1, 0.15) is 18.1 Å². The number of nitrogens with two attached hydrogens (primary N) is 1. The number of methoxy groups -OCH3 is 1. The number of rotatable bonds is 4. The molecule has 94 valence electrons. The van der Waals surface area contributed by atoms with Crippen LogP contribution in [0.3, 0.4) is 0 Å². The molecule has 0 bridgehead atoms. The van der Waals surface area contributed by atoms with E-state index in [2.05, 4.69) is 0 Å². The Morgan fingerprint density at radius 2 is 1.83 bits per heavy atom. The van der Waals surface area contributed by atoms with E-state index in [0.29, 0.717) is 12.3 Å². The standard InChI is InChI=1S/C15H17NO2/c1-11-5-3-4-6-14(11)18-10-12-9-13(16)7-8-15(12)17-2/h3-9H,10,16H2,1-2H3. The van der Waals surface area contributed by atoms with Gasteiger partial charge in [0, 0.05) is 11.3 Å². The lowest BCUT2D eigenvalue weighted by Crippen LogP contribution is -2.00. The highest BCUT2D eigenvalue weighted by Gasteiger charge is 2.05. The largest absolute Gasteiger partial charge is 0.496 e. The van der Waals surface area contributed by atoms with Crippen molar-refractivity contribution in [2.24, 2.45) is 0 Å². The molecular weight excluding hydrogens is 226 g/mol. The summed E-state index contributed by atoms with van der Waals surface area (Å²) in [4.78, 5) is 0. The van der Waals surface area contributed by atoms with E-state index < -0.39 is 0 Å². The van der Waals surface area contributed by atoms with E-state index in [0.717, 1.165) is 22.6 Å². The Kier molecular flexibility index (Phi) is 3.72. The molecule has 0 heterocycles. The number of hydrogen-bond acceptors (Lipinski definition) is 3. The van der Waals surface area contributed by atoms with Crippen LogP contribution >= 0.6 is 0 Å². The molecule has 2 N–H and O–H groups in total. The Labute approximate surface area is 107 Å². The van der Waals surface area contributed by atoms with E-state index in [1.165, 1.54) is 0 Å². The number of hydrogen-bond donors (Lipinski definition) is 1. The van der Waals surface area contributed by atoms with Crippen molar-refractivity contribution in [1.29, 1.82) is 0 Å². The van der Waals surface area contributed by atoms with Crippen LogP contribution < -0.4 is 15.2 Å². The first-order valence-electron chi connectivity index (χ1n) is 5.81. The minimum Gasteiger partial charge on any atom is -0.496 e. The van der Waals surface area contributed by atoms with Crippen molar-refractivity contribution < 1.29 is 9.47 Å². The lowest BCUT2D eigenvalue weighted by molar-refractivity contribution is 0.295. The zero-order valence-electron chi connectivity index (χ0n) is 10.6. The van der Waals surface area contributed by atoms with Crippen molar-refractivity contribution in [3.63, 3.8) is 0 Å². The van der Waals surface area contributed by atoms with Crippen molar-refractivity contribution in [2.75, 3.05) is 12.8 Å². The first-order valence-corrected chi connectivity index (χ1v) is 5.81. The summed E-state index contributed by atoms with van der Waals surface area (Å²) in [6.45, 7) is 2.46. The second kappa shape index (κ2) is 5.45. The maximum atomic E-state index is 5.78. The van der Waals surface area contributed by atoms with Crippen molar-refractivity contribution in [3.8, 4) is 11.5 Å². The Morgan fingerprint density at radius 1 is 1.06 bits per heavy atom. The number of nitrogen functional groups attached to an aromatic ring is 1. The van der Waals surface area contributed by atoms with Crippen molar-refractivity contribution in [1.82, 2.24) is 0 Å². The summed E-state index contributed by atoms with van der Waals surface area (Å²) in [7, 11) is 1.64. The Morgan fingerprint density at radius 3 is 2.56 bits per heavy atom. The second-order valence-electron chi connectivity index (χ2n) is 4.13. The van der Waals surface area contributed by atoms with Crippen LogP contribution in [0.25, 0.3) is 0 Å². The van der Waals surface area contributed by atoms with Crippen LogP contribution in [0.2, 0.25) is 0 Å². The normalized spacial score (nSPS) is 10.1. The summed E-state index contributed by atoms with van der Waals surface area (Å²) in [5, 5.41) is 0. The second-order valence-corrected chi connectivity index (χ2v) is 4.13. The molecule has 0 spiro atoms. The summed E-state index contributed by atoms with van der Waals surface area (Å²) in [6.07, 6.45) is 0. The molecule has 2 rings (SSSR count). The van der Waals surface area contributed by atoms with Gasteiger partial charge < -0.3 is 15.2 Å². The minimum absolute atomic E-state index is 0.444. The molecule has 0 saturated carbocycles. The Bertz CT molecular complexity index is 538. The number of ether oxygens (including phenoxy) is 2. The highest BCUT2D eigenvalue weighted by Crippen LogP contribution is 2.24. The molecule has 0 fully saturated rings. The number of para-hydroxylation sites is 1. The van der Waals surface area contributed by atoms with E-state index in [-0.39, 0.29) is 0 Å². The van der Waals surface area contributed by atoms with Crippen LogP contribution in [0, 0.1) is 6.92 Å². The predicted molar refractivity (Wildman–Crippen MR) is 72.9 cm³/mol. The summed E-state index contributed by atoms with van der Waals surface area (Å²) in [6, 6.07) is 13.5. The molecule has 0 radical (unpaired) electrons. The highest BCUT2D eigenvalue weighted by atomic mass is 16.5. The summed E-state index contributed by atoms with van der Waals surface area (Å²) >= 11 is 0. The van der Waals surface area contributed by atoms with Gasteiger partial charge in [0.05, 0.1) is 7.11 Å². The van der Waals surface area contributed by atoms with Gasteiger partial charge in [-0.15, -0.1) is 0 Å². The third-order valence-electron chi connectivity index (χ3n) is 2.78. The summed E-state index contributed by atoms with van der Waals surface area (Å²) < 4.78 is 11.1. The molecule has 0 aliphatic heterocycles. The molecule has 2 aromatic rings. The first kappa shape index (κ1) is 12.3. The van der Waals surface area contributed by atoms with Crippen LogP contribution in [0.1, 0.15) is 11.1 Å². The lowest BCUT2D eigenvalue weighted by atomic mass is 10.2. The average molecular weight is 243 g/mol. The van der Waals surface area contributed by atoms with Crippen LogP contribution in [-0.4, -0.2) is 7.11 Å². The SMILES string of the molecule is COc1ccc(N)cc1COc1ccccc1C. The predicted octanol–water partition coefficient (Wildman–Crippen LogP) is 3.16. The van der Waals surface area contributed by atoms with Gasteiger partial charge >= 0.3 is 0 Å². The fourth-order valence-electron chi connectivity index (χ4n) is 1.79. The zero-order chi connectivity index (χ0) is 13.0. The molecular formula is C15H17NO2. The van der Waals surface area contributed by atoms with Crippen LogP contribution in [0.4, 0.5) is 5.69 Å². The van der Waals surface area contributed by atoms with Crippen LogP contribution in [-0.2, 0) is 6.61 Å². The molecule has 0 aromatic heterocycles. The molecule has 2 aromatic carbocycles. The topological polar surface area (TPSA) is 44.5 Å². The molecule has 0 aliphatic rings.